The summed E-state index contributed by atoms with van der Waals surface area (Å²) < 4.78 is 28.3. The molecule has 5 nitrogen and oxygen atoms in total. The zero-order chi connectivity index (χ0) is 16.0. The van der Waals surface area contributed by atoms with Gasteiger partial charge in [0.25, 0.3) is 10.2 Å². The predicted molar refractivity (Wildman–Crippen MR) is 90.4 cm³/mol. The fourth-order valence-corrected chi connectivity index (χ4v) is 4.00. The summed E-state index contributed by atoms with van der Waals surface area (Å²) in [7, 11) is -3.30. The second-order valence-corrected chi connectivity index (χ2v) is 7.71. The van der Waals surface area contributed by atoms with Gasteiger partial charge in [0.2, 0.25) is 0 Å². The van der Waals surface area contributed by atoms with E-state index >= 15 is 0 Å². The molecule has 0 bridgehead atoms. The molecule has 1 aromatic rings. The van der Waals surface area contributed by atoms with Gasteiger partial charge in [0.15, 0.2) is 0 Å². The molecule has 7 heteroatoms. The molecule has 1 fully saturated rings. The Labute approximate surface area is 138 Å². The van der Waals surface area contributed by atoms with Crippen molar-refractivity contribution >= 4 is 21.8 Å². The first-order valence-electron chi connectivity index (χ1n) is 7.73. The van der Waals surface area contributed by atoms with Crippen LogP contribution in [0.3, 0.4) is 0 Å². The molecule has 22 heavy (non-hydrogen) atoms. The fourth-order valence-electron chi connectivity index (χ4n) is 2.50. The van der Waals surface area contributed by atoms with Gasteiger partial charge in [0.1, 0.15) is 0 Å². The molecule has 0 radical (unpaired) electrons. The third kappa shape index (κ3) is 5.21. The van der Waals surface area contributed by atoms with E-state index in [1.165, 1.54) is 5.56 Å². The van der Waals surface area contributed by atoms with Crippen LogP contribution in [0.15, 0.2) is 24.3 Å². The van der Waals surface area contributed by atoms with Crippen molar-refractivity contribution in [2.45, 2.75) is 19.8 Å². The molecule has 2 rings (SSSR count). The summed E-state index contributed by atoms with van der Waals surface area (Å²) in [6.07, 6.45) is 1.74. The average Bonchev–Trinajstić information content (AvgIpc) is 2.51. The Hall–Kier alpha value is -0.660. The van der Waals surface area contributed by atoms with Gasteiger partial charge in [-0.1, -0.05) is 30.7 Å². The van der Waals surface area contributed by atoms with Crippen LogP contribution in [-0.2, 0) is 16.6 Å². The zero-order valence-electron chi connectivity index (χ0n) is 13.0. The fraction of sp³-hybridized carbons (Fsp3) is 0.600. The molecule has 1 aromatic carbocycles. The molecule has 0 atom stereocenters. The topological polar surface area (TPSA) is 52.7 Å². The first-order chi connectivity index (χ1) is 10.5. The normalized spacial score (nSPS) is 17.7. The van der Waals surface area contributed by atoms with Gasteiger partial charge in [0, 0.05) is 44.3 Å². The highest BCUT2D eigenvalue weighted by Gasteiger charge is 2.25. The van der Waals surface area contributed by atoms with Crippen LogP contribution in [0, 0.1) is 0 Å². The highest BCUT2D eigenvalue weighted by molar-refractivity contribution is 7.87. The van der Waals surface area contributed by atoms with Crippen molar-refractivity contribution in [3.8, 4) is 0 Å². The quantitative estimate of drug-likeness (QED) is 0.819. The van der Waals surface area contributed by atoms with Gasteiger partial charge in [-0.25, -0.2) is 4.72 Å². The second kappa shape index (κ2) is 8.26. The van der Waals surface area contributed by atoms with E-state index in [4.69, 9.17) is 11.6 Å². The van der Waals surface area contributed by atoms with Gasteiger partial charge in [0.05, 0.1) is 0 Å². The maximum absolute atomic E-state index is 12.0. The van der Waals surface area contributed by atoms with E-state index in [1.807, 2.05) is 25.1 Å². The Morgan fingerprint density at radius 1 is 1.23 bits per heavy atom. The maximum Gasteiger partial charge on any atom is 0.279 e. The predicted octanol–water partition coefficient (Wildman–Crippen LogP) is 1.74. The van der Waals surface area contributed by atoms with E-state index in [-0.39, 0.29) is 0 Å². The van der Waals surface area contributed by atoms with Crippen LogP contribution in [0.4, 0.5) is 0 Å². The van der Waals surface area contributed by atoms with E-state index in [9.17, 15) is 8.42 Å². The minimum Gasteiger partial charge on any atom is -0.300 e. The standard InChI is InChI=1S/C15H24ClN3O2S/c1-2-7-17-22(20,21)19-11-9-18(10-12-19)8-6-14-4-3-5-15(16)13-14/h3-5,13,17H,2,6-12H2,1H3. The van der Waals surface area contributed by atoms with Crippen molar-refractivity contribution in [2.75, 3.05) is 39.3 Å². The first kappa shape index (κ1) is 17.7. The number of rotatable bonds is 7. The lowest BCUT2D eigenvalue weighted by molar-refractivity contribution is 0.189. The summed E-state index contributed by atoms with van der Waals surface area (Å²) >= 11 is 5.98. The number of piperazine rings is 1. The molecule has 1 aliphatic heterocycles. The second-order valence-electron chi connectivity index (χ2n) is 5.52. The average molecular weight is 346 g/mol. The molecule has 0 amide bonds. The molecule has 1 saturated heterocycles. The lowest BCUT2D eigenvalue weighted by atomic mass is 10.1. The highest BCUT2D eigenvalue weighted by Crippen LogP contribution is 2.12. The molecule has 1 aliphatic rings. The van der Waals surface area contributed by atoms with Crippen LogP contribution in [0.5, 0.6) is 0 Å². The number of halogens is 1. The van der Waals surface area contributed by atoms with Crippen LogP contribution in [0.1, 0.15) is 18.9 Å². The van der Waals surface area contributed by atoms with Crippen molar-refractivity contribution < 1.29 is 8.42 Å². The highest BCUT2D eigenvalue weighted by atomic mass is 35.5. The molecular weight excluding hydrogens is 322 g/mol. The van der Waals surface area contributed by atoms with Crippen molar-refractivity contribution in [2.24, 2.45) is 0 Å². The largest absolute Gasteiger partial charge is 0.300 e. The van der Waals surface area contributed by atoms with Crippen LogP contribution >= 0.6 is 11.6 Å². The molecule has 1 heterocycles. The van der Waals surface area contributed by atoms with Gasteiger partial charge in [-0.15, -0.1) is 0 Å². The Kier molecular flexibility index (Phi) is 6.65. The Balaban J connectivity index is 1.77. The number of hydrogen-bond donors (Lipinski definition) is 1. The Bertz CT molecular complexity index is 572. The van der Waals surface area contributed by atoms with Crippen molar-refractivity contribution in [3.05, 3.63) is 34.9 Å². The molecule has 0 unspecified atom stereocenters. The van der Waals surface area contributed by atoms with Crippen LogP contribution < -0.4 is 4.72 Å². The van der Waals surface area contributed by atoms with Crippen molar-refractivity contribution in [3.63, 3.8) is 0 Å². The maximum atomic E-state index is 12.0. The Morgan fingerprint density at radius 3 is 2.59 bits per heavy atom. The number of nitrogens with one attached hydrogen (secondary N) is 1. The van der Waals surface area contributed by atoms with Gasteiger partial charge in [-0.3, -0.25) is 0 Å². The third-order valence-electron chi connectivity index (χ3n) is 3.81. The minimum atomic E-state index is -3.30. The molecule has 0 saturated carbocycles. The zero-order valence-corrected chi connectivity index (χ0v) is 14.5. The van der Waals surface area contributed by atoms with E-state index in [0.717, 1.165) is 37.5 Å². The lowest BCUT2D eigenvalue weighted by Crippen LogP contribution is -2.52. The molecule has 0 aliphatic carbocycles. The summed E-state index contributed by atoms with van der Waals surface area (Å²) in [6, 6.07) is 7.89. The van der Waals surface area contributed by atoms with Gasteiger partial charge in [-0.2, -0.15) is 12.7 Å². The Morgan fingerprint density at radius 2 is 1.95 bits per heavy atom. The summed E-state index contributed by atoms with van der Waals surface area (Å²) in [4.78, 5) is 2.30. The molecule has 1 N–H and O–H groups in total. The van der Waals surface area contributed by atoms with E-state index < -0.39 is 10.2 Å². The van der Waals surface area contributed by atoms with Crippen LogP contribution in [0.2, 0.25) is 5.02 Å². The molecule has 124 valence electrons. The minimum absolute atomic E-state index is 0.497. The monoisotopic (exact) mass is 345 g/mol. The number of benzene rings is 1. The van der Waals surface area contributed by atoms with Gasteiger partial charge in [-0.05, 0) is 30.5 Å². The van der Waals surface area contributed by atoms with Crippen LogP contribution in [-0.4, -0.2) is 56.9 Å². The smallest absolute Gasteiger partial charge is 0.279 e. The number of hydrogen-bond acceptors (Lipinski definition) is 3. The van der Waals surface area contributed by atoms with Crippen molar-refractivity contribution in [1.82, 2.24) is 13.9 Å². The number of nitrogens with zero attached hydrogens (tertiary/aromatic N) is 2. The van der Waals surface area contributed by atoms with Crippen LogP contribution in [0.25, 0.3) is 0 Å². The summed E-state index contributed by atoms with van der Waals surface area (Å²) in [5, 5.41) is 0.760. The first-order valence-corrected chi connectivity index (χ1v) is 9.54. The van der Waals surface area contributed by atoms with E-state index in [2.05, 4.69) is 15.7 Å². The summed E-state index contributed by atoms with van der Waals surface area (Å²) in [5.74, 6) is 0. The van der Waals surface area contributed by atoms with E-state index in [1.54, 1.807) is 4.31 Å². The summed E-state index contributed by atoms with van der Waals surface area (Å²) in [5.41, 5.74) is 1.21. The lowest BCUT2D eigenvalue weighted by Gasteiger charge is -2.33. The van der Waals surface area contributed by atoms with Crippen molar-refractivity contribution in [1.29, 1.82) is 0 Å². The van der Waals surface area contributed by atoms with E-state index in [0.29, 0.717) is 19.6 Å². The molecule has 0 spiro atoms. The SMILES string of the molecule is CCCNS(=O)(=O)N1CCN(CCc2cccc(Cl)c2)CC1. The van der Waals surface area contributed by atoms with Gasteiger partial charge < -0.3 is 4.90 Å². The third-order valence-corrected chi connectivity index (χ3v) is 5.66. The molecule has 0 aromatic heterocycles. The van der Waals surface area contributed by atoms with Gasteiger partial charge >= 0.3 is 0 Å². The summed E-state index contributed by atoms with van der Waals surface area (Å²) in [6.45, 7) is 6.02. The molecular formula is C15H24ClN3O2S.